The molecule has 0 bridgehead atoms. The molecule has 0 aromatic heterocycles. The molecule has 0 aromatic carbocycles. The van der Waals surface area contributed by atoms with E-state index in [1.54, 1.807) is 0 Å². The number of alkyl halides is 3. The van der Waals surface area contributed by atoms with Crippen LogP contribution in [0.3, 0.4) is 0 Å². The summed E-state index contributed by atoms with van der Waals surface area (Å²) in [5.74, 6) is 0. The van der Waals surface area contributed by atoms with Gasteiger partial charge in [0.25, 0.3) is 0 Å². The molecule has 0 aliphatic rings. The number of hydrogen-bond donors (Lipinski definition) is 1. The van der Waals surface area contributed by atoms with Crippen molar-refractivity contribution in [3.63, 3.8) is 0 Å². The fraction of sp³-hybridized carbons (Fsp3) is 1.00. The molecule has 1 nitrogen and oxygen atoms in total. The van der Waals surface area contributed by atoms with Crippen molar-refractivity contribution < 1.29 is 13.2 Å². The first kappa shape index (κ1) is 9.10. The van der Waals surface area contributed by atoms with Gasteiger partial charge in [-0.25, -0.2) is 0 Å². The molecule has 0 aliphatic carbocycles. The van der Waals surface area contributed by atoms with Crippen LogP contribution in [0, 0.1) is 0 Å². The maximum absolute atomic E-state index is 11.6. The van der Waals surface area contributed by atoms with Crippen LogP contribution in [-0.2, 0) is 0 Å². The van der Waals surface area contributed by atoms with Crippen LogP contribution in [0.15, 0.2) is 0 Å². The molecule has 1 atom stereocenters. The summed E-state index contributed by atoms with van der Waals surface area (Å²) in [6.07, 6.45) is -2.75. The van der Waals surface area contributed by atoms with Crippen LogP contribution in [0.1, 0.15) is 0 Å². The molecule has 0 aromatic rings. The van der Waals surface area contributed by atoms with Crippen LogP contribution in [0.4, 0.5) is 13.2 Å². The Labute approximate surface area is 55.8 Å². The van der Waals surface area contributed by atoms with Gasteiger partial charge in [0, 0.05) is 6.54 Å². The second-order valence-electron chi connectivity index (χ2n) is 1.50. The Bertz CT molecular complexity index is 78.4. The van der Waals surface area contributed by atoms with Gasteiger partial charge in [0.15, 0.2) is 0 Å². The van der Waals surface area contributed by atoms with Gasteiger partial charge in [0.1, 0.15) is 5.25 Å². The first-order valence-electron chi connectivity index (χ1n) is 2.32. The zero-order valence-electron chi connectivity index (χ0n) is 4.90. The number of rotatable bonds is 2. The topological polar surface area (TPSA) is 26.0 Å². The molecular weight excluding hydrogens is 151 g/mol. The number of hydrogen-bond acceptors (Lipinski definition) is 2. The van der Waals surface area contributed by atoms with Gasteiger partial charge in [-0.3, -0.25) is 0 Å². The largest absolute Gasteiger partial charge is 0.401 e. The van der Waals surface area contributed by atoms with E-state index in [0.717, 1.165) is 11.8 Å². The van der Waals surface area contributed by atoms with E-state index < -0.39 is 11.4 Å². The summed E-state index contributed by atoms with van der Waals surface area (Å²) in [6.45, 7) is -0.343. The van der Waals surface area contributed by atoms with E-state index >= 15 is 0 Å². The molecule has 0 saturated carbocycles. The van der Waals surface area contributed by atoms with Crippen molar-refractivity contribution in [3.8, 4) is 0 Å². The molecule has 56 valence electrons. The van der Waals surface area contributed by atoms with Gasteiger partial charge in [-0.15, -0.1) is 0 Å². The van der Waals surface area contributed by atoms with Gasteiger partial charge >= 0.3 is 6.18 Å². The van der Waals surface area contributed by atoms with E-state index in [0.29, 0.717) is 0 Å². The molecule has 0 amide bonds. The van der Waals surface area contributed by atoms with Gasteiger partial charge in [0.05, 0.1) is 0 Å². The maximum Gasteiger partial charge on any atom is 0.401 e. The highest BCUT2D eigenvalue weighted by molar-refractivity contribution is 7.99. The highest BCUT2D eigenvalue weighted by atomic mass is 32.2. The second kappa shape index (κ2) is 3.31. The molecule has 2 N–H and O–H groups in total. The van der Waals surface area contributed by atoms with Gasteiger partial charge < -0.3 is 5.73 Å². The fourth-order valence-electron chi connectivity index (χ4n) is 0.363. The van der Waals surface area contributed by atoms with E-state index in [4.69, 9.17) is 5.73 Å². The van der Waals surface area contributed by atoms with E-state index in [9.17, 15) is 13.2 Å². The van der Waals surface area contributed by atoms with E-state index in [1.165, 1.54) is 6.26 Å². The zero-order chi connectivity index (χ0) is 7.49. The third-order valence-electron chi connectivity index (χ3n) is 0.864. The minimum Gasteiger partial charge on any atom is -0.329 e. The molecule has 5 heteroatoms. The van der Waals surface area contributed by atoms with Crippen LogP contribution in [0.5, 0.6) is 0 Å². The Morgan fingerprint density at radius 1 is 1.56 bits per heavy atom. The first-order valence-corrected chi connectivity index (χ1v) is 3.60. The summed E-state index contributed by atoms with van der Waals surface area (Å²) in [4.78, 5) is 0. The highest BCUT2D eigenvalue weighted by Gasteiger charge is 2.37. The summed E-state index contributed by atoms with van der Waals surface area (Å²) in [6, 6.07) is 0. The monoisotopic (exact) mass is 159 g/mol. The van der Waals surface area contributed by atoms with Crippen LogP contribution < -0.4 is 5.73 Å². The van der Waals surface area contributed by atoms with E-state index in [-0.39, 0.29) is 6.54 Å². The van der Waals surface area contributed by atoms with Crippen LogP contribution in [-0.4, -0.2) is 24.2 Å². The number of nitrogens with two attached hydrogens (primary N) is 1. The van der Waals surface area contributed by atoms with Gasteiger partial charge in [-0.05, 0) is 6.26 Å². The lowest BCUT2D eigenvalue weighted by molar-refractivity contribution is -0.126. The molecular formula is C4H8F3NS. The van der Waals surface area contributed by atoms with Gasteiger partial charge in [0.2, 0.25) is 0 Å². The minimum absolute atomic E-state index is 0.343. The Hall–Kier alpha value is 0.100. The van der Waals surface area contributed by atoms with E-state index in [2.05, 4.69) is 0 Å². The number of thioether (sulfide) groups is 1. The molecule has 0 spiro atoms. The zero-order valence-corrected chi connectivity index (χ0v) is 5.72. The normalized spacial score (nSPS) is 15.7. The minimum atomic E-state index is -4.14. The van der Waals surface area contributed by atoms with Crippen LogP contribution in [0.25, 0.3) is 0 Å². The van der Waals surface area contributed by atoms with Crippen molar-refractivity contribution in [1.82, 2.24) is 0 Å². The predicted octanol–water partition coefficient (Wildman–Crippen LogP) is 1.24. The third kappa shape index (κ3) is 2.95. The Kier molecular flexibility index (Phi) is 3.35. The summed E-state index contributed by atoms with van der Waals surface area (Å²) >= 11 is 0.727. The van der Waals surface area contributed by atoms with Crippen molar-refractivity contribution in [3.05, 3.63) is 0 Å². The highest BCUT2D eigenvalue weighted by Crippen LogP contribution is 2.27. The Balaban J connectivity index is 3.79. The van der Waals surface area contributed by atoms with Crippen molar-refractivity contribution in [2.24, 2.45) is 5.73 Å². The molecule has 9 heavy (non-hydrogen) atoms. The fourth-order valence-corrected chi connectivity index (χ4v) is 0.823. The maximum atomic E-state index is 11.6. The average Bonchev–Trinajstić information content (AvgIpc) is 1.65. The molecule has 0 saturated heterocycles. The lowest BCUT2D eigenvalue weighted by atomic mass is 10.4. The van der Waals surface area contributed by atoms with Crippen molar-refractivity contribution in [2.75, 3.05) is 12.8 Å². The molecule has 0 radical (unpaired) electrons. The lowest BCUT2D eigenvalue weighted by Gasteiger charge is -2.14. The summed E-state index contributed by atoms with van der Waals surface area (Å²) in [5, 5.41) is -1.41. The quantitative estimate of drug-likeness (QED) is 0.656. The first-order chi connectivity index (χ1) is 4.02. The average molecular weight is 159 g/mol. The lowest BCUT2D eigenvalue weighted by Crippen LogP contribution is -2.32. The molecule has 1 unspecified atom stereocenters. The SMILES string of the molecule is CSC(CN)C(F)(F)F. The van der Waals surface area contributed by atoms with Gasteiger partial charge in [-0.2, -0.15) is 24.9 Å². The molecule has 0 fully saturated rings. The van der Waals surface area contributed by atoms with Crippen LogP contribution in [0.2, 0.25) is 0 Å². The van der Waals surface area contributed by atoms with Crippen molar-refractivity contribution in [1.29, 1.82) is 0 Å². The predicted molar refractivity (Wildman–Crippen MR) is 32.4 cm³/mol. The Morgan fingerprint density at radius 2 is 2.00 bits per heavy atom. The van der Waals surface area contributed by atoms with Gasteiger partial charge in [-0.1, -0.05) is 0 Å². The van der Waals surface area contributed by atoms with Crippen LogP contribution >= 0.6 is 11.8 Å². The smallest absolute Gasteiger partial charge is 0.329 e. The third-order valence-corrected chi connectivity index (χ3v) is 1.89. The molecule has 0 heterocycles. The summed E-state index contributed by atoms with van der Waals surface area (Å²) in [5.41, 5.74) is 4.83. The molecule has 0 aliphatic heterocycles. The van der Waals surface area contributed by atoms with Crippen molar-refractivity contribution >= 4 is 11.8 Å². The summed E-state index contributed by atoms with van der Waals surface area (Å²) in [7, 11) is 0. The van der Waals surface area contributed by atoms with Crippen molar-refractivity contribution in [2.45, 2.75) is 11.4 Å². The Morgan fingerprint density at radius 3 is 2.00 bits per heavy atom. The molecule has 0 rings (SSSR count). The second-order valence-corrected chi connectivity index (χ2v) is 2.54. The van der Waals surface area contributed by atoms with E-state index in [1.807, 2.05) is 0 Å². The summed E-state index contributed by atoms with van der Waals surface area (Å²) < 4.78 is 34.9. The number of halogens is 3. The standard InChI is InChI=1S/C4H8F3NS/c1-9-3(2-8)4(5,6)7/h3H,2,8H2,1H3.